The molecule has 0 saturated heterocycles. The molecular weight excluding hydrogens is 316 g/mol. The summed E-state index contributed by atoms with van der Waals surface area (Å²) in [5.74, 6) is -0.558. The lowest BCUT2D eigenvalue weighted by atomic mass is 10.1. The molecule has 1 aromatic carbocycles. The van der Waals surface area contributed by atoms with Gasteiger partial charge in [-0.1, -0.05) is 0 Å². The molecule has 0 heterocycles. The summed E-state index contributed by atoms with van der Waals surface area (Å²) in [5, 5.41) is 5.44. The fraction of sp³-hybridized carbons (Fsp3) is 0.467. The minimum atomic E-state index is -2.72. The molecule has 3 amide bonds. The zero-order valence-corrected chi connectivity index (χ0v) is 15.2. The first-order valence-corrected chi connectivity index (χ1v) is 8.92. The molecule has 0 saturated carbocycles. The molecule has 23 heavy (non-hydrogen) atoms. The zero-order valence-electron chi connectivity index (χ0n) is 14.3. The van der Waals surface area contributed by atoms with Crippen molar-refractivity contribution in [3.8, 4) is 0 Å². The summed E-state index contributed by atoms with van der Waals surface area (Å²) in [4.78, 5) is 23.8. The third-order valence-corrected chi connectivity index (χ3v) is 4.67. The van der Waals surface area contributed by atoms with E-state index in [2.05, 4.69) is 15.0 Å². The van der Waals surface area contributed by atoms with Gasteiger partial charge in [0, 0.05) is 37.1 Å². The van der Waals surface area contributed by atoms with Crippen LogP contribution in [-0.4, -0.2) is 46.3 Å². The third kappa shape index (κ3) is 6.37. The van der Waals surface area contributed by atoms with Gasteiger partial charge in [-0.15, -0.1) is 4.36 Å². The molecule has 0 aromatic heterocycles. The summed E-state index contributed by atoms with van der Waals surface area (Å²) in [6, 6.07) is 5.93. The lowest BCUT2D eigenvalue weighted by molar-refractivity contribution is 0.100. The Kier molecular flexibility index (Phi) is 5.90. The summed E-state index contributed by atoms with van der Waals surface area (Å²) < 4.78 is 17.2. The number of carbonyl (C=O) groups excluding carboxylic acids is 2. The molecule has 1 aromatic rings. The van der Waals surface area contributed by atoms with Gasteiger partial charge in [0.05, 0.1) is 0 Å². The number of benzene rings is 1. The molecule has 8 heteroatoms. The monoisotopic (exact) mass is 340 g/mol. The average Bonchev–Trinajstić information content (AvgIpc) is 2.36. The van der Waals surface area contributed by atoms with Gasteiger partial charge in [0.2, 0.25) is 0 Å². The predicted octanol–water partition coefficient (Wildman–Crippen LogP) is 2.32. The van der Waals surface area contributed by atoms with Gasteiger partial charge in [-0.3, -0.25) is 4.79 Å². The molecule has 1 unspecified atom stereocenters. The Morgan fingerprint density at radius 2 is 1.65 bits per heavy atom. The van der Waals surface area contributed by atoms with Crippen LogP contribution in [0.15, 0.2) is 28.6 Å². The highest BCUT2D eigenvalue weighted by Crippen LogP contribution is 2.12. The molecule has 0 aliphatic carbocycles. The number of hydrogen-bond acceptors (Lipinski definition) is 3. The maximum Gasteiger partial charge on any atom is 0.319 e. The number of nitrogens with one attached hydrogen (secondary N) is 2. The van der Waals surface area contributed by atoms with E-state index < -0.39 is 15.8 Å². The molecule has 0 aliphatic rings. The van der Waals surface area contributed by atoms with Crippen molar-refractivity contribution in [3.63, 3.8) is 0 Å². The molecule has 0 bridgehead atoms. The number of nitrogens with zero attached hydrogens (tertiary/aromatic N) is 2. The molecule has 0 spiro atoms. The van der Waals surface area contributed by atoms with Gasteiger partial charge < -0.3 is 10.6 Å². The van der Waals surface area contributed by atoms with Crippen LogP contribution in [0.1, 0.15) is 31.1 Å². The quantitative estimate of drug-likeness (QED) is 0.884. The normalized spacial score (nSPS) is 14.0. The molecular formula is C15H24N4O3S. The highest BCUT2D eigenvalue weighted by molar-refractivity contribution is 7.90. The molecule has 1 rings (SSSR count). The van der Waals surface area contributed by atoms with Crippen LogP contribution in [0.2, 0.25) is 0 Å². The smallest absolute Gasteiger partial charge is 0.319 e. The Morgan fingerprint density at radius 1 is 1.13 bits per heavy atom. The second kappa shape index (κ2) is 7.10. The summed E-state index contributed by atoms with van der Waals surface area (Å²) in [7, 11) is 0.478. The highest BCUT2D eigenvalue weighted by atomic mass is 32.2. The van der Waals surface area contributed by atoms with Gasteiger partial charge in [-0.2, -0.15) is 0 Å². The van der Waals surface area contributed by atoms with Crippen LogP contribution >= 0.6 is 0 Å². The van der Waals surface area contributed by atoms with E-state index in [0.717, 1.165) is 0 Å². The maximum absolute atomic E-state index is 12.1. The molecule has 0 fully saturated rings. The number of rotatable bonds is 3. The molecule has 1 atom stereocenters. The van der Waals surface area contributed by atoms with Gasteiger partial charge in [-0.05, 0) is 45.0 Å². The lowest BCUT2D eigenvalue weighted by Crippen LogP contribution is -2.43. The molecule has 7 nitrogen and oxygen atoms in total. The molecule has 0 aliphatic heterocycles. The van der Waals surface area contributed by atoms with Crippen molar-refractivity contribution in [3.05, 3.63) is 29.8 Å². The van der Waals surface area contributed by atoms with Gasteiger partial charge in [0.25, 0.3) is 5.91 Å². The zero-order chi connectivity index (χ0) is 17.8. The Bertz CT molecular complexity index is 696. The third-order valence-electron chi connectivity index (χ3n) is 2.81. The van der Waals surface area contributed by atoms with E-state index >= 15 is 0 Å². The van der Waals surface area contributed by atoms with Crippen molar-refractivity contribution < 1.29 is 13.8 Å². The number of carbonyl (C=O) groups is 2. The standard InChI is InChI=1S/C15H24N4O3S/c1-15(2,3)17-14(21)16-12-9-7-11(8-10-12)13(20)18-23(6,22)19(4)5/h7-10H,1-6H3,(H2,16,17,21). The van der Waals surface area contributed by atoms with Crippen LogP contribution in [0.5, 0.6) is 0 Å². The topological polar surface area (TPSA) is 90.9 Å². The van der Waals surface area contributed by atoms with E-state index in [1.165, 1.54) is 22.7 Å². The van der Waals surface area contributed by atoms with Crippen LogP contribution in [-0.2, 0) is 9.92 Å². The van der Waals surface area contributed by atoms with E-state index in [-0.39, 0.29) is 11.6 Å². The number of urea groups is 1. The average molecular weight is 340 g/mol. The minimum absolute atomic E-state index is 0.309. The van der Waals surface area contributed by atoms with Crippen molar-refractivity contribution in [1.82, 2.24) is 9.62 Å². The molecule has 0 radical (unpaired) electrons. The van der Waals surface area contributed by atoms with E-state index in [0.29, 0.717) is 11.3 Å². The van der Waals surface area contributed by atoms with Crippen LogP contribution in [0.25, 0.3) is 0 Å². The Labute approximate surface area is 137 Å². The second-order valence-corrected chi connectivity index (χ2v) is 8.82. The molecule has 128 valence electrons. The van der Waals surface area contributed by atoms with Crippen molar-refractivity contribution in [2.45, 2.75) is 26.3 Å². The fourth-order valence-corrected chi connectivity index (χ4v) is 2.06. The second-order valence-electron chi connectivity index (χ2n) is 6.38. The highest BCUT2D eigenvalue weighted by Gasteiger charge is 2.14. The van der Waals surface area contributed by atoms with Gasteiger partial charge in [0.1, 0.15) is 9.92 Å². The van der Waals surface area contributed by atoms with Crippen molar-refractivity contribution in [1.29, 1.82) is 0 Å². The van der Waals surface area contributed by atoms with Crippen molar-refractivity contribution in [2.75, 3.05) is 25.7 Å². The van der Waals surface area contributed by atoms with Crippen molar-refractivity contribution in [2.24, 2.45) is 4.36 Å². The lowest BCUT2D eigenvalue weighted by Gasteiger charge is -2.20. The summed E-state index contributed by atoms with van der Waals surface area (Å²) in [6.45, 7) is 5.63. The van der Waals surface area contributed by atoms with Crippen LogP contribution in [0, 0.1) is 0 Å². The summed E-state index contributed by atoms with van der Waals surface area (Å²) >= 11 is 0. The van der Waals surface area contributed by atoms with E-state index in [9.17, 15) is 13.8 Å². The Balaban J connectivity index is 2.84. The first-order chi connectivity index (χ1) is 10.4. The van der Waals surface area contributed by atoms with Gasteiger partial charge in [-0.25, -0.2) is 13.3 Å². The van der Waals surface area contributed by atoms with Crippen LogP contribution in [0.4, 0.5) is 10.5 Å². The predicted molar refractivity (Wildman–Crippen MR) is 92.9 cm³/mol. The van der Waals surface area contributed by atoms with E-state index in [1.54, 1.807) is 26.2 Å². The largest absolute Gasteiger partial charge is 0.333 e. The number of anilines is 1. The Morgan fingerprint density at radius 3 is 2.09 bits per heavy atom. The number of amides is 3. The van der Waals surface area contributed by atoms with Crippen LogP contribution < -0.4 is 10.6 Å². The van der Waals surface area contributed by atoms with Gasteiger partial charge in [0.15, 0.2) is 0 Å². The van der Waals surface area contributed by atoms with E-state index in [1.807, 2.05) is 20.8 Å². The number of hydrogen-bond donors (Lipinski definition) is 2. The first-order valence-electron chi connectivity index (χ1n) is 7.04. The molecule has 2 N–H and O–H groups in total. The summed E-state index contributed by atoms with van der Waals surface area (Å²) in [6.07, 6.45) is 1.40. The van der Waals surface area contributed by atoms with E-state index in [4.69, 9.17) is 0 Å². The maximum atomic E-state index is 12.1. The van der Waals surface area contributed by atoms with Gasteiger partial charge >= 0.3 is 6.03 Å². The fourth-order valence-electron chi connectivity index (χ4n) is 1.49. The first kappa shape index (κ1) is 19.1. The SMILES string of the molecule is CN(C)S(C)(=O)=NC(=O)c1ccc(NC(=O)NC(C)(C)C)cc1. The van der Waals surface area contributed by atoms with Crippen LogP contribution in [0.3, 0.4) is 0 Å². The minimum Gasteiger partial charge on any atom is -0.333 e. The van der Waals surface area contributed by atoms with Crippen molar-refractivity contribution >= 4 is 27.5 Å². The summed E-state index contributed by atoms with van der Waals surface area (Å²) in [5.41, 5.74) is 0.517. The Hall–Kier alpha value is -1.93.